The van der Waals surface area contributed by atoms with Crippen LogP contribution in [-0.2, 0) is 9.53 Å². The van der Waals surface area contributed by atoms with E-state index in [0.29, 0.717) is 0 Å². The van der Waals surface area contributed by atoms with E-state index >= 15 is 0 Å². The first-order valence-electron chi connectivity index (χ1n) is 6.36. The maximum absolute atomic E-state index is 12.2. The van der Waals surface area contributed by atoms with Crippen LogP contribution in [0.3, 0.4) is 0 Å². The van der Waals surface area contributed by atoms with Gasteiger partial charge in [0.25, 0.3) is 5.91 Å². The standard InChI is InChI=1S/C14H20N2O2/c1-18-13(10-6-3-2-4-7-10)14(17)16-12-9-5-8-11(12)15/h2-4,6-7,11-13H,5,8-9,15H2,1H3,(H,16,17). The summed E-state index contributed by atoms with van der Waals surface area (Å²) in [6.45, 7) is 0. The largest absolute Gasteiger partial charge is 0.367 e. The average Bonchev–Trinajstić information content (AvgIpc) is 2.77. The molecule has 18 heavy (non-hydrogen) atoms. The van der Waals surface area contributed by atoms with Crippen molar-refractivity contribution >= 4 is 5.91 Å². The van der Waals surface area contributed by atoms with Gasteiger partial charge in [-0.1, -0.05) is 30.3 Å². The molecular weight excluding hydrogens is 228 g/mol. The molecule has 2 rings (SSSR count). The van der Waals surface area contributed by atoms with Crippen LogP contribution in [0.1, 0.15) is 30.9 Å². The second-order valence-electron chi connectivity index (χ2n) is 4.74. The van der Waals surface area contributed by atoms with Crippen molar-refractivity contribution in [3.63, 3.8) is 0 Å². The summed E-state index contributed by atoms with van der Waals surface area (Å²) in [6.07, 6.45) is 2.46. The number of hydrogen-bond donors (Lipinski definition) is 2. The molecule has 0 bridgehead atoms. The van der Waals surface area contributed by atoms with E-state index < -0.39 is 6.10 Å². The molecule has 0 spiro atoms. The van der Waals surface area contributed by atoms with Crippen LogP contribution in [0.4, 0.5) is 0 Å². The van der Waals surface area contributed by atoms with Gasteiger partial charge in [-0.15, -0.1) is 0 Å². The fourth-order valence-corrected chi connectivity index (χ4v) is 2.45. The minimum Gasteiger partial charge on any atom is -0.367 e. The lowest BCUT2D eigenvalue weighted by molar-refractivity contribution is -0.132. The van der Waals surface area contributed by atoms with Crippen molar-refractivity contribution in [2.45, 2.75) is 37.5 Å². The number of amides is 1. The van der Waals surface area contributed by atoms with E-state index in [1.165, 1.54) is 0 Å². The minimum atomic E-state index is -0.556. The van der Waals surface area contributed by atoms with Gasteiger partial charge in [0.05, 0.1) is 0 Å². The topological polar surface area (TPSA) is 64.3 Å². The molecule has 0 saturated heterocycles. The highest BCUT2D eigenvalue weighted by atomic mass is 16.5. The molecule has 0 aliphatic heterocycles. The molecule has 1 aromatic carbocycles. The summed E-state index contributed by atoms with van der Waals surface area (Å²) >= 11 is 0. The molecule has 1 aliphatic carbocycles. The van der Waals surface area contributed by atoms with Crippen LogP contribution in [-0.4, -0.2) is 25.1 Å². The zero-order valence-electron chi connectivity index (χ0n) is 10.6. The highest BCUT2D eigenvalue weighted by molar-refractivity contribution is 5.82. The Morgan fingerprint density at radius 1 is 1.39 bits per heavy atom. The zero-order chi connectivity index (χ0) is 13.0. The maximum Gasteiger partial charge on any atom is 0.254 e. The molecule has 0 heterocycles. The van der Waals surface area contributed by atoms with Crippen molar-refractivity contribution in [2.24, 2.45) is 5.73 Å². The van der Waals surface area contributed by atoms with Gasteiger partial charge in [0.15, 0.2) is 6.10 Å². The van der Waals surface area contributed by atoms with Gasteiger partial charge in [-0.05, 0) is 24.8 Å². The first kappa shape index (κ1) is 13.1. The molecule has 1 fully saturated rings. The molecule has 3 N–H and O–H groups in total. The molecule has 0 radical (unpaired) electrons. The van der Waals surface area contributed by atoms with Crippen molar-refractivity contribution in [2.75, 3.05) is 7.11 Å². The van der Waals surface area contributed by atoms with Gasteiger partial charge in [-0.25, -0.2) is 0 Å². The van der Waals surface area contributed by atoms with Gasteiger partial charge in [0, 0.05) is 19.2 Å². The average molecular weight is 248 g/mol. The predicted molar refractivity (Wildman–Crippen MR) is 69.9 cm³/mol. The lowest BCUT2D eigenvalue weighted by Gasteiger charge is -2.21. The predicted octanol–water partition coefficient (Wildman–Crippen LogP) is 1.37. The van der Waals surface area contributed by atoms with Gasteiger partial charge in [-0.3, -0.25) is 4.79 Å². The molecule has 4 nitrogen and oxygen atoms in total. The quantitative estimate of drug-likeness (QED) is 0.846. The lowest BCUT2D eigenvalue weighted by atomic mass is 10.1. The van der Waals surface area contributed by atoms with Crippen LogP contribution in [0.15, 0.2) is 30.3 Å². The monoisotopic (exact) mass is 248 g/mol. The van der Waals surface area contributed by atoms with Gasteiger partial charge in [-0.2, -0.15) is 0 Å². The highest BCUT2D eigenvalue weighted by Gasteiger charge is 2.28. The van der Waals surface area contributed by atoms with Crippen LogP contribution in [0.2, 0.25) is 0 Å². The molecule has 4 heteroatoms. The highest BCUT2D eigenvalue weighted by Crippen LogP contribution is 2.20. The number of nitrogens with two attached hydrogens (primary N) is 1. The Morgan fingerprint density at radius 3 is 2.67 bits per heavy atom. The number of nitrogens with one attached hydrogen (secondary N) is 1. The number of rotatable bonds is 4. The molecule has 1 aromatic rings. The van der Waals surface area contributed by atoms with Crippen LogP contribution >= 0.6 is 0 Å². The van der Waals surface area contributed by atoms with Crippen molar-refractivity contribution in [1.82, 2.24) is 5.32 Å². The number of hydrogen-bond acceptors (Lipinski definition) is 3. The van der Waals surface area contributed by atoms with E-state index in [1.807, 2.05) is 30.3 Å². The molecule has 3 atom stereocenters. The fraction of sp³-hybridized carbons (Fsp3) is 0.500. The Kier molecular flexibility index (Phi) is 4.33. The van der Waals surface area contributed by atoms with Gasteiger partial charge < -0.3 is 15.8 Å². The zero-order valence-corrected chi connectivity index (χ0v) is 10.6. The molecule has 98 valence electrons. The van der Waals surface area contributed by atoms with E-state index in [-0.39, 0.29) is 18.0 Å². The molecule has 1 saturated carbocycles. The van der Waals surface area contributed by atoms with Gasteiger partial charge in [0.1, 0.15) is 0 Å². The summed E-state index contributed by atoms with van der Waals surface area (Å²) in [5.41, 5.74) is 6.82. The summed E-state index contributed by atoms with van der Waals surface area (Å²) in [5, 5.41) is 2.99. The summed E-state index contributed by atoms with van der Waals surface area (Å²) in [5.74, 6) is -0.106. The van der Waals surface area contributed by atoms with Crippen molar-refractivity contribution in [3.8, 4) is 0 Å². The van der Waals surface area contributed by atoms with Crippen molar-refractivity contribution < 1.29 is 9.53 Å². The third-order valence-electron chi connectivity index (χ3n) is 3.47. The van der Waals surface area contributed by atoms with E-state index in [4.69, 9.17) is 10.5 Å². The molecule has 1 aliphatic rings. The molecule has 1 amide bonds. The van der Waals surface area contributed by atoms with Crippen LogP contribution < -0.4 is 11.1 Å². The molecule has 0 aromatic heterocycles. The second-order valence-corrected chi connectivity index (χ2v) is 4.74. The second kappa shape index (κ2) is 5.98. The summed E-state index contributed by atoms with van der Waals surface area (Å²) in [6, 6.07) is 9.65. The minimum absolute atomic E-state index is 0.0715. The van der Waals surface area contributed by atoms with E-state index in [2.05, 4.69) is 5.32 Å². The fourth-order valence-electron chi connectivity index (χ4n) is 2.45. The van der Waals surface area contributed by atoms with E-state index in [1.54, 1.807) is 7.11 Å². The number of ether oxygens (including phenoxy) is 1. The maximum atomic E-state index is 12.2. The van der Waals surface area contributed by atoms with Crippen LogP contribution in [0.5, 0.6) is 0 Å². The van der Waals surface area contributed by atoms with Crippen molar-refractivity contribution in [1.29, 1.82) is 0 Å². The van der Waals surface area contributed by atoms with E-state index in [9.17, 15) is 4.79 Å². The van der Waals surface area contributed by atoms with Crippen molar-refractivity contribution in [3.05, 3.63) is 35.9 Å². The number of carbonyl (C=O) groups is 1. The summed E-state index contributed by atoms with van der Waals surface area (Å²) < 4.78 is 5.29. The Balaban J connectivity index is 2.02. The molecule has 3 unspecified atom stereocenters. The third-order valence-corrected chi connectivity index (χ3v) is 3.47. The van der Waals surface area contributed by atoms with Gasteiger partial charge in [0.2, 0.25) is 0 Å². The normalized spacial score (nSPS) is 24.8. The smallest absolute Gasteiger partial charge is 0.254 e. The first-order valence-corrected chi connectivity index (χ1v) is 6.36. The Hall–Kier alpha value is -1.39. The van der Waals surface area contributed by atoms with Crippen LogP contribution in [0.25, 0.3) is 0 Å². The SMILES string of the molecule is COC(C(=O)NC1CCCC1N)c1ccccc1. The number of methoxy groups -OCH3 is 1. The Labute approximate surface area is 108 Å². The third kappa shape index (κ3) is 2.89. The lowest BCUT2D eigenvalue weighted by Crippen LogP contribution is -2.46. The number of benzene rings is 1. The molecular formula is C14H20N2O2. The number of carbonyl (C=O) groups excluding carboxylic acids is 1. The van der Waals surface area contributed by atoms with E-state index in [0.717, 1.165) is 24.8 Å². The first-order chi connectivity index (χ1) is 8.72. The van der Waals surface area contributed by atoms with Crippen LogP contribution in [0, 0.1) is 0 Å². The Morgan fingerprint density at radius 2 is 2.11 bits per heavy atom. The summed E-state index contributed by atoms with van der Waals surface area (Å²) in [4.78, 5) is 12.2. The summed E-state index contributed by atoms with van der Waals surface area (Å²) in [7, 11) is 1.55. The van der Waals surface area contributed by atoms with Gasteiger partial charge >= 0.3 is 0 Å². The Bertz CT molecular complexity index is 394.